The normalized spacial score (nSPS) is 9.08. The molecular formula is C5H7N5OS. The van der Waals surface area contributed by atoms with Crippen LogP contribution in [0.25, 0.3) is 0 Å². The Hall–Kier alpha value is -1.50. The molecule has 0 saturated heterocycles. The second-order valence-corrected chi connectivity index (χ2v) is 2.26. The number of aromatic amines is 1. The number of rotatable bonds is 1. The van der Waals surface area contributed by atoms with E-state index in [1.165, 1.54) is 0 Å². The molecule has 1 rings (SSSR count). The van der Waals surface area contributed by atoms with E-state index in [4.69, 9.17) is 12.2 Å². The summed E-state index contributed by atoms with van der Waals surface area (Å²) in [6.45, 7) is 0. The van der Waals surface area contributed by atoms with E-state index in [9.17, 15) is 4.79 Å². The average Bonchev–Trinajstić information content (AvgIpc) is 2.04. The van der Waals surface area contributed by atoms with Crippen LogP contribution in [-0.4, -0.2) is 27.1 Å². The Morgan fingerprint density at radius 3 is 3.00 bits per heavy atom. The first-order valence-corrected chi connectivity index (χ1v) is 3.53. The summed E-state index contributed by atoms with van der Waals surface area (Å²) in [5.41, 5.74) is -0.466. The van der Waals surface area contributed by atoms with Crippen molar-refractivity contribution in [2.24, 2.45) is 0 Å². The van der Waals surface area contributed by atoms with E-state index in [1.54, 1.807) is 7.05 Å². The van der Waals surface area contributed by atoms with Crippen LogP contribution < -0.4 is 16.3 Å². The van der Waals surface area contributed by atoms with Gasteiger partial charge in [-0.15, -0.1) is 0 Å². The molecule has 0 aliphatic rings. The lowest BCUT2D eigenvalue weighted by atomic mass is 10.8. The molecule has 0 fully saturated rings. The maximum Gasteiger partial charge on any atom is 0.349 e. The fourth-order valence-electron chi connectivity index (χ4n) is 0.538. The number of hydrogen-bond acceptors (Lipinski definition) is 4. The van der Waals surface area contributed by atoms with Crippen LogP contribution in [0.1, 0.15) is 0 Å². The smallest absolute Gasteiger partial charge is 0.349 e. The molecule has 6 nitrogen and oxygen atoms in total. The van der Waals surface area contributed by atoms with Crippen molar-refractivity contribution in [1.82, 2.24) is 20.3 Å². The molecule has 0 aromatic carbocycles. The minimum absolute atomic E-state index is 0.273. The molecule has 0 saturated carbocycles. The van der Waals surface area contributed by atoms with Gasteiger partial charge in [0, 0.05) is 7.05 Å². The summed E-state index contributed by atoms with van der Waals surface area (Å²) in [5, 5.41) is 5.70. The standard InChI is InChI=1S/C5H7N5OS/c1-6-5(12)10-3-7-2-8-4(11)9-3/h2H,1H3,(H3,6,7,8,9,10,11,12). The van der Waals surface area contributed by atoms with Crippen molar-refractivity contribution < 1.29 is 0 Å². The second kappa shape index (κ2) is 3.77. The molecule has 12 heavy (non-hydrogen) atoms. The highest BCUT2D eigenvalue weighted by molar-refractivity contribution is 7.80. The quantitative estimate of drug-likeness (QED) is 0.491. The fourth-order valence-corrected chi connectivity index (χ4v) is 0.635. The topological polar surface area (TPSA) is 82.7 Å². The lowest BCUT2D eigenvalue weighted by Crippen LogP contribution is -2.26. The van der Waals surface area contributed by atoms with E-state index < -0.39 is 5.69 Å². The van der Waals surface area contributed by atoms with Gasteiger partial charge in [0.15, 0.2) is 5.11 Å². The van der Waals surface area contributed by atoms with Gasteiger partial charge in [-0.05, 0) is 12.2 Å². The number of H-pyrrole nitrogens is 1. The van der Waals surface area contributed by atoms with Crippen LogP contribution in [0.3, 0.4) is 0 Å². The molecule has 0 atom stereocenters. The summed E-state index contributed by atoms with van der Waals surface area (Å²) >= 11 is 4.78. The van der Waals surface area contributed by atoms with Crippen molar-refractivity contribution in [3.8, 4) is 0 Å². The molecule has 1 aromatic rings. The van der Waals surface area contributed by atoms with E-state index in [2.05, 4.69) is 25.6 Å². The number of nitrogens with zero attached hydrogens (tertiary/aromatic N) is 2. The second-order valence-electron chi connectivity index (χ2n) is 1.86. The van der Waals surface area contributed by atoms with Crippen LogP contribution in [-0.2, 0) is 0 Å². The van der Waals surface area contributed by atoms with Gasteiger partial charge in [-0.2, -0.15) is 4.98 Å². The van der Waals surface area contributed by atoms with Crippen LogP contribution >= 0.6 is 12.2 Å². The number of anilines is 1. The summed E-state index contributed by atoms with van der Waals surface area (Å²) in [6.07, 6.45) is 1.15. The van der Waals surface area contributed by atoms with Gasteiger partial charge in [-0.1, -0.05) is 0 Å². The Labute approximate surface area is 73.4 Å². The number of thiocarbonyl (C=S) groups is 1. The molecule has 0 amide bonds. The molecule has 0 aliphatic heterocycles. The zero-order chi connectivity index (χ0) is 8.97. The third kappa shape index (κ3) is 2.27. The fraction of sp³-hybridized carbons (Fsp3) is 0.200. The Balaban J connectivity index is 2.76. The highest BCUT2D eigenvalue weighted by Gasteiger charge is 1.95. The van der Waals surface area contributed by atoms with Crippen molar-refractivity contribution in [3.05, 3.63) is 16.8 Å². The van der Waals surface area contributed by atoms with Gasteiger partial charge in [0.2, 0.25) is 5.95 Å². The third-order valence-electron chi connectivity index (χ3n) is 1.05. The zero-order valence-corrected chi connectivity index (χ0v) is 7.10. The first-order chi connectivity index (χ1) is 5.72. The summed E-state index contributed by atoms with van der Waals surface area (Å²) in [4.78, 5) is 20.1. The van der Waals surface area contributed by atoms with Crippen LogP contribution in [0.2, 0.25) is 0 Å². The number of aromatic nitrogens is 3. The van der Waals surface area contributed by atoms with Gasteiger partial charge in [0.05, 0.1) is 0 Å². The SMILES string of the molecule is CNC(=S)Nc1ncnc(=O)[nH]1. The van der Waals surface area contributed by atoms with Crippen LogP contribution in [0.5, 0.6) is 0 Å². The lowest BCUT2D eigenvalue weighted by Gasteiger charge is -2.03. The van der Waals surface area contributed by atoms with E-state index in [0.717, 1.165) is 6.33 Å². The molecule has 7 heteroatoms. The largest absolute Gasteiger partial charge is 0.365 e. The Bertz CT molecular complexity index is 335. The first-order valence-electron chi connectivity index (χ1n) is 3.12. The maximum absolute atomic E-state index is 10.6. The molecule has 0 aliphatic carbocycles. The van der Waals surface area contributed by atoms with E-state index in [-0.39, 0.29) is 5.95 Å². The molecule has 0 spiro atoms. The highest BCUT2D eigenvalue weighted by atomic mass is 32.1. The Kier molecular flexibility index (Phi) is 2.70. The number of hydrogen-bond donors (Lipinski definition) is 3. The molecule has 1 aromatic heterocycles. The first kappa shape index (κ1) is 8.60. The van der Waals surface area contributed by atoms with Crippen molar-refractivity contribution in [2.45, 2.75) is 0 Å². The summed E-state index contributed by atoms with van der Waals surface area (Å²) in [7, 11) is 1.66. The van der Waals surface area contributed by atoms with Gasteiger partial charge in [-0.25, -0.2) is 9.78 Å². The maximum atomic E-state index is 10.6. The van der Waals surface area contributed by atoms with E-state index in [1.807, 2.05) is 0 Å². The van der Waals surface area contributed by atoms with Gasteiger partial charge in [0.25, 0.3) is 0 Å². The van der Waals surface area contributed by atoms with Crippen molar-refractivity contribution in [2.75, 3.05) is 12.4 Å². The van der Waals surface area contributed by atoms with Gasteiger partial charge in [-0.3, -0.25) is 4.98 Å². The Morgan fingerprint density at radius 1 is 1.67 bits per heavy atom. The molecule has 0 unspecified atom stereocenters. The minimum Gasteiger partial charge on any atom is -0.365 e. The summed E-state index contributed by atoms with van der Waals surface area (Å²) in [6, 6.07) is 0. The summed E-state index contributed by atoms with van der Waals surface area (Å²) in [5.74, 6) is 0.273. The monoisotopic (exact) mass is 185 g/mol. The lowest BCUT2D eigenvalue weighted by molar-refractivity contribution is 0.992. The molecule has 3 N–H and O–H groups in total. The molecule has 0 bridgehead atoms. The van der Waals surface area contributed by atoms with Gasteiger partial charge < -0.3 is 10.6 Å². The van der Waals surface area contributed by atoms with Crippen LogP contribution in [0, 0.1) is 0 Å². The highest BCUT2D eigenvalue weighted by Crippen LogP contribution is 1.87. The van der Waals surface area contributed by atoms with Crippen molar-refractivity contribution >= 4 is 23.3 Å². The zero-order valence-electron chi connectivity index (χ0n) is 6.29. The molecule has 64 valence electrons. The van der Waals surface area contributed by atoms with Gasteiger partial charge >= 0.3 is 5.69 Å². The molecule has 0 radical (unpaired) electrons. The Morgan fingerprint density at radius 2 is 2.42 bits per heavy atom. The van der Waals surface area contributed by atoms with Crippen LogP contribution in [0.4, 0.5) is 5.95 Å². The van der Waals surface area contributed by atoms with Crippen molar-refractivity contribution in [3.63, 3.8) is 0 Å². The predicted molar refractivity (Wildman–Crippen MR) is 47.9 cm³/mol. The van der Waals surface area contributed by atoms with Crippen LogP contribution in [0.15, 0.2) is 11.1 Å². The van der Waals surface area contributed by atoms with E-state index >= 15 is 0 Å². The average molecular weight is 185 g/mol. The minimum atomic E-state index is -0.466. The van der Waals surface area contributed by atoms with Gasteiger partial charge in [0.1, 0.15) is 6.33 Å². The predicted octanol–water partition coefficient (Wildman–Crippen LogP) is -0.919. The van der Waals surface area contributed by atoms with Crippen molar-refractivity contribution in [1.29, 1.82) is 0 Å². The molecule has 1 heterocycles. The molecular weight excluding hydrogens is 178 g/mol. The number of nitrogens with one attached hydrogen (secondary N) is 3. The summed E-state index contributed by atoms with van der Waals surface area (Å²) < 4.78 is 0. The third-order valence-corrected chi connectivity index (χ3v) is 1.35. The van der Waals surface area contributed by atoms with E-state index in [0.29, 0.717) is 5.11 Å².